The van der Waals surface area contributed by atoms with Crippen LogP contribution >= 0.6 is 22.7 Å². The highest BCUT2D eigenvalue weighted by molar-refractivity contribution is 7.19. The molecule has 0 fully saturated rings. The number of anilines is 2. The van der Waals surface area contributed by atoms with Gasteiger partial charge in [0.05, 0.1) is 5.39 Å². The van der Waals surface area contributed by atoms with Gasteiger partial charge in [0.1, 0.15) is 17.0 Å². The summed E-state index contributed by atoms with van der Waals surface area (Å²) in [6.07, 6.45) is 4.39. The van der Waals surface area contributed by atoms with E-state index in [4.69, 9.17) is 0 Å². The molecule has 2 N–H and O–H groups in total. The highest BCUT2D eigenvalue weighted by Gasteiger charge is 2.16. The van der Waals surface area contributed by atoms with E-state index in [0.717, 1.165) is 21.6 Å². The number of carbonyl (C=O) groups is 1. The quantitative estimate of drug-likeness (QED) is 0.422. The van der Waals surface area contributed by atoms with E-state index in [-0.39, 0.29) is 5.91 Å². The number of amides is 1. The number of thiazole rings is 1. The summed E-state index contributed by atoms with van der Waals surface area (Å²) in [5.74, 6) is 0.787. The summed E-state index contributed by atoms with van der Waals surface area (Å²) in [4.78, 5) is 27.1. The lowest BCUT2D eigenvalue weighted by molar-refractivity contribution is -0.116. The van der Waals surface area contributed by atoms with Crippen molar-refractivity contribution in [3.05, 3.63) is 53.1 Å². The van der Waals surface area contributed by atoms with Crippen molar-refractivity contribution < 1.29 is 4.79 Å². The minimum atomic E-state index is -0.0269. The molecular weight excluding hydrogens is 390 g/mol. The fourth-order valence-corrected chi connectivity index (χ4v) is 4.61. The van der Waals surface area contributed by atoms with Crippen LogP contribution in [0.25, 0.3) is 21.3 Å². The van der Waals surface area contributed by atoms with Crippen LogP contribution in [0.3, 0.4) is 0 Å². The van der Waals surface area contributed by atoms with Crippen molar-refractivity contribution in [1.29, 1.82) is 0 Å². The fourth-order valence-electron chi connectivity index (χ4n) is 3.05. The molecule has 3 aromatic heterocycles. The van der Waals surface area contributed by atoms with Crippen LogP contribution in [0.5, 0.6) is 0 Å². The highest BCUT2D eigenvalue weighted by atomic mass is 32.1. The Morgan fingerprint density at radius 3 is 2.79 bits per heavy atom. The minimum Gasteiger partial charge on any atom is -0.369 e. The van der Waals surface area contributed by atoms with Gasteiger partial charge in [0.25, 0.3) is 0 Å². The molecule has 0 aliphatic heterocycles. The maximum Gasteiger partial charge on any atom is 0.226 e. The van der Waals surface area contributed by atoms with Crippen LogP contribution in [0.1, 0.15) is 17.7 Å². The van der Waals surface area contributed by atoms with Crippen molar-refractivity contribution in [2.75, 3.05) is 17.2 Å². The SMILES string of the molecule is Cc1sc2ncnc(NCCCC(=O)Nc3nccs3)c2c1-c1ccccc1. The number of aryl methyl sites for hydroxylation is 1. The van der Waals surface area contributed by atoms with E-state index in [2.05, 4.69) is 44.6 Å². The summed E-state index contributed by atoms with van der Waals surface area (Å²) >= 11 is 3.09. The first-order valence-electron chi connectivity index (χ1n) is 8.95. The van der Waals surface area contributed by atoms with Crippen LogP contribution in [0.4, 0.5) is 10.9 Å². The molecular formula is C20H19N5OS2. The zero-order valence-corrected chi connectivity index (χ0v) is 16.9. The van der Waals surface area contributed by atoms with Crippen LogP contribution in [-0.4, -0.2) is 27.4 Å². The first kappa shape index (κ1) is 18.5. The van der Waals surface area contributed by atoms with Crippen LogP contribution in [0.15, 0.2) is 48.2 Å². The summed E-state index contributed by atoms with van der Waals surface area (Å²) in [5, 5.41) is 9.71. The Balaban J connectivity index is 1.46. The van der Waals surface area contributed by atoms with Crippen LogP contribution in [-0.2, 0) is 4.79 Å². The molecule has 0 spiro atoms. The van der Waals surface area contributed by atoms with E-state index in [9.17, 15) is 4.79 Å². The lowest BCUT2D eigenvalue weighted by Crippen LogP contribution is -2.13. The third-order valence-corrected chi connectivity index (χ3v) is 5.98. The molecule has 0 saturated heterocycles. The summed E-state index contributed by atoms with van der Waals surface area (Å²) in [7, 11) is 0. The highest BCUT2D eigenvalue weighted by Crippen LogP contribution is 2.40. The number of fused-ring (bicyclic) bond motifs is 1. The molecule has 0 bridgehead atoms. The molecule has 4 aromatic rings. The molecule has 28 heavy (non-hydrogen) atoms. The predicted octanol–water partition coefficient (Wildman–Crippen LogP) is 4.95. The van der Waals surface area contributed by atoms with E-state index >= 15 is 0 Å². The van der Waals surface area contributed by atoms with Crippen molar-refractivity contribution in [2.24, 2.45) is 0 Å². The number of nitrogens with zero attached hydrogens (tertiary/aromatic N) is 3. The van der Waals surface area contributed by atoms with E-state index < -0.39 is 0 Å². The zero-order chi connectivity index (χ0) is 19.3. The van der Waals surface area contributed by atoms with Gasteiger partial charge in [-0.25, -0.2) is 15.0 Å². The Morgan fingerprint density at radius 1 is 1.14 bits per heavy atom. The number of aromatic nitrogens is 3. The molecule has 1 aromatic carbocycles. The van der Waals surface area contributed by atoms with E-state index in [1.165, 1.54) is 21.8 Å². The van der Waals surface area contributed by atoms with Gasteiger partial charge in [-0.1, -0.05) is 30.3 Å². The Morgan fingerprint density at radius 2 is 2.00 bits per heavy atom. The number of thiophene rings is 1. The van der Waals surface area contributed by atoms with Crippen molar-refractivity contribution in [3.8, 4) is 11.1 Å². The molecule has 0 unspecified atom stereocenters. The van der Waals surface area contributed by atoms with Gasteiger partial charge in [0.15, 0.2) is 5.13 Å². The smallest absolute Gasteiger partial charge is 0.226 e. The Labute approximate surface area is 170 Å². The molecule has 0 atom stereocenters. The van der Waals surface area contributed by atoms with Crippen molar-refractivity contribution >= 4 is 49.7 Å². The third-order valence-electron chi connectivity index (χ3n) is 4.28. The molecule has 8 heteroatoms. The monoisotopic (exact) mass is 409 g/mol. The molecule has 6 nitrogen and oxygen atoms in total. The standard InChI is InChI=1S/C20H19N5OS2/c1-13-16(14-6-3-2-4-7-14)17-18(23-12-24-19(17)28-13)21-9-5-8-15(26)25-20-22-10-11-27-20/h2-4,6-7,10-12H,5,8-9H2,1H3,(H,21,23,24)(H,22,25,26). The summed E-state index contributed by atoms with van der Waals surface area (Å²) in [6.45, 7) is 2.77. The lowest BCUT2D eigenvalue weighted by atomic mass is 10.0. The van der Waals surface area contributed by atoms with Gasteiger partial charge in [0.2, 0.25) is 5.91 Å². The number of benzene rings is 1. The molecule has 0 aliphatic rings. The summed E-state index contributed by atoms with van der Waals surface area (Å²) < 4.78 is 0. The Kier molecular flexibility index (Phi) is 5.59. The van der Waals surface area contributed by atoms with Crippen molar-refractivity contribution in [2.45, 2.75) is 19.8 Å². The number of hydrogen-bond acceptors (Lipinski definition) is 7. The fraction of sp³-hybridized carbons (Fsp3) is 0.200. The van der Waals surface area contributed by atoms with Gasteiger partial charge in [0, 0.05) is 35.0 Å². The largest absolute Gasteiger partial charge is 0.369 e. The Hall–Kier alpha value is -2.84. The maximum absolute atomic E-state index is 12.0. The molecule has 3 heterocycles. The third kappa shape index (κ3) is 4.02. The first-order chi connectivity index (χ1) is 13.7. The number of rotatable bonds is 7. The molecule has 0 radical (unpaired) electrons. The zero-order valence-electron chi connectivity index (χ0n) is 15.3. The lowest BCUT2D eigenvalue weighted by Gasteiger charge is -2.09. The second-order valence-electron chi connectivity index (χ2n) is 6.22. The van der Waals surface area contributed by atoms with Gasteiger partial charge in [-0.15, -0.1) is 22.7 Å². The average Bonchev–Trinajstić information content (AvgIpc) is 3.33. The number of carbonyl (C=O) groups excluding carboxylic acids is 1. The normalized spacial score (nSPS) is 10.9. The molecule has 0 aliphatic carbocycles. The van der Waals surface area contributed by atoms with Gasteiger partial charge in [-0.2, -0.15) is 0 Å². The molecule has 142 valence electrons. The van der Waals surface area contributed by atoms with E-state index in [1.807, 2.05) is 23.6 Å². The van der Waals surface area contributed by atoms with Crippen molar-refractivity contribution in [1.82, 2.24) is 15.0 Å². The first-order valence-corrected chi connectivity index (χ1v) is 10.6. The number of nitrogens with one attached hydrogen (secondary N) is 2. The average molecular weight is 410 g/mol. The van der Waals surface area contributed by atoms with E-state index in [0.29, 0.717) is 24.5 Å². The predicted molar refractivity (Wildman–Crippen MR) is 116 cm³/mol. The minimum absolute atomic E-state index is 0.0269. The van der Waals surface area contributed by atoms with Gasteiger partial charge in [-0.05, 0) is 18.9 Å². The number of hydrogen-bond donors (Lipinski definition) is 2. The van der Waals surface area contributed by atoms with Gasteiger partial charge in [-0.3, -0.25) is 4.79 Å². The van der Waals surface area contributed by atoms with Crippen LogP contribution in [0, 0.1) is 6.92 Å². The molecule has 1 amide bonds. The molecule has 4 rings (SSSR count). The Bertz CT molecular complexity index is 1080. The van der Waals surface area contributed by atoms with E-state index in [1.54, 1.807) is 23.9 Å². The van der Waals surface area contributed by atoms with Crippen LogP contribution < -0.4 is 10.6 Å². The second kappa shape index (κ2) is 8.45. The summed E-state index contributed by atoms with van der Waals surface area (Å²) in [5.41, 5.74) is 2.33. The second-order valence-corrected chi connectivity index (χ2v) is 8.32. The summed E-state index contributed by atoms with van der Waals surface area (Å²) in [6, 6.07) is 10.3. The topological polar surface area (TPSA) is 79.8 Å². The maximum atomic E-state index is 12.0. The van der Waals surface area contributed by atoms with Gasteiger partial charge >= 0.3 is 0 Å². The van der Waals surface area contributed by atoms with Gasteiger partial charge < -0.3 is 10.6 Å². The molecule has 0 saturated carbocycles. The van der Waals surface area contributed by atoms with Crippen molar-refractivity contribution in [3.63, 3.8) is 0 Å². The van der Waals surface area contributed by atoms with Crippen LogP contribution in [0.2, 0.25) is 0 Å².